The summed E-state index contributed by atoms with van der Waals surface area (Å²) in [6.07, 6.45) is 1.09. The number of halogens is 1. The normalized spacial score (nSPS) is 12.7. The molecule has 0 aromatic carbocycles. The highest BCUT2D eigenvalue weighted by atomic mass is 19.1. The van der Waals surface area contributed by atoms with E-state index >= 15 is 0 Å². The van der Waals surface area contributed by atoms with E-state index in [4.69, 9.17) is 14.6 Å². The Morgan fingerprint density at radius 2 is 2.06 bits per heavy atom. The number of carbonyl (C=O) groups is 1. The Kier molecular flexibility index (Phi) is 6.92. The molecule has 4 nitrogen and oxygen atoms in total. The molecule has 0 rings (SSSR count). The van der Waals surface area contributed by atoms with Crippen molar-refractivity contribution in [3.63, 3.8) is 0 Å². The van der Waals surface area contributed by atoms with E-state index in [0.717, 1.165) is 6.08 Å². The Hall–Kier alpha value is -0.940. The number of esters is 1. The van der Waals surface area contributed by atoms with Crippen molar-refractivity contribution in [3.8, 4) is 0 Å². The maximum atomic E-state index is 12.7. The predicted molar refractivity (Wildman–Crippen MR) is 57.6 cm³/mol. The van der Waals surface area contributed by atoms with E-state index in [-0.39, 0.29) is 32.2 Å². The summed E-state index contributed by atoms with van der Waals surface area (Å²) in [5.41, 5.74) is -0.515. The molecule has 16 heavy (non-hydrogen) atoms. The van der Waals surface area contributed by atoms with Crippen LogP contribution in [-0.4, -0.2) is 36.5 Å². The minimum atomic E-state index is -0.549. The highest BCUT2D eigenvalue weighted by Gasteiger charge is 2.15. The van der Waals surface area contributed by atoms with Crippen LogP contribution in [0.25, 0.3) is 0 Å². The molecule has 0 fully saturated rings. The summed E-state index contributed by atoms with van der Waals surface area (Å²) in [7, 11) is 0. The van der Waals surface area contributed by atoms with Crippen LogP contribution in [0.2, 0.25) is 0 Å². The van der Waals surface area contributed by atoms with Gasteiger partial charge in [0.15, 0.2) is 0 Å². The molecule has 0 aliphatic rings. The lowest BCUT2D eigenvalue weighted by molar-refractivity contribution is -0.155. The molecule has 0 aliphatic heterocycles. The number of hydrogen-bond donors (Lipinski definition) is 1. The van der Waals surface area contributed by atoms with Crippen LogP contribution in [0.3, 0.4) is 0 Å². The van der Waals surface area contributed by atoms with Crippen LogP contribution < -0.4 is 0 Å². The van der Waals surface area contributed by atoms with Crippen molar-refractivity contribution in [2.24, 2.45) is 0 Å². The molecule has 0 radical (unpaired) electrons. The monoisotopic (exact) mass is 234 g/mol. The predicted octanol–water partition coefficient (Wildman–Crippen LogP) is 1.58. The molecule has 0 spiro atoms. The molecule has 0 aromatic heterocycles. The average Bonchev–Trinajstić information content (AvgIpc) is 2.10. The summed E-state index contributed by atoms with van der Waals surface area (Å²) < 4.78 is 22.6. The molecule has 0 bridgehead atoms. The minimum absolute atomic E-state index is 0.0870. The number of hydrogen-bond acceptors (Lipinski definition) is 4. The first kappa shape index (κ1) is 15.1. The highest BCUT2D eigenvalue weighted by Crippen LogP contribution is 2.08. The quantitative estimate of drug-likeness (QED) is 0.560. The molecule has 0 saturated heterocycles. The van der Waals surface area contributed by atoms with Gasteiger partial charge in [0.2, 0.25) is 0 Å². The van der Waals surface area contributed by atoms with Crippen LogP contribution in [0.5, 0.6) is 0 Å². The lowest BCUT2D eigenvalue weighted by atomic mass is 10.2. The summed E-state index contributed by atoms with van der Waals surface area (Å²) in [5.74, 6) is -0.925. The maximum Gasteiger partial charge on any atom is 0.308 e. The first-order valence-electron chi connectivity index (χ1n) is 5.10. The topological polar surface area (TPSA) is 55.8 Å². The molecular formula is C11H19FO4. The first-order valence-corrected chi connectivity index (χ1v) is 5.10. The summed E-state index contributed by atoms with van der Waals surface area (Å²) in [6.45, 7) is 4.83. The number of carbonyl (C=O) groups excluding carboxylic acids is 1. The van der Waals surface area contributed by atoms with Gasteiger partial charge >= 0.3 is 5.97 Å². The second-order valence-electron chi connectivity index (χ2n) is 4.22. The summed E-state index contributed by atoms with van der Waals surface area (Å²) in [5, 5.41) is 8.36. The Morgan fingerprint density at radius 3 is 2.56 bits per heavy atom. The van der Waals surface area contributed by atoms with Crippen LogP contribution in [0, 0.1) is 0 Å². The third-order valence-electron chi connectivity index (χ3n) is 1.42. The van der Waals surface area contributed by atoms with Gasteiger partial charge in [-0.15, -0.1) is 0 Å². The summed E-state index contributed by atoms with van der Waals surface area (Å²) in [4.78, 5) is 11.2. The summed E-state index contributed by atoms with van der Waals surface area (Å²) >= 11 is 0. The van der Waals surface area contributed by atoms with Gasteiger partial charge in [-0.2, -0.15) is 0 Å². The molecule has 94 valence electrons. The molecule has 0 aliphatic carbocycles. The van der Waals surface area contributed by atoms with Crippen LogP contribution in [-0.2, 0) is 14.3 Å². The molecule has 0 unspecified atom stereocenters. The van der Waals surface area contributed by atoms with E-state index in [9.17, 15) is 9.18 Å². The third kappa shape index (κ3) is 9.61. The van der Waals surface area contributed by atoms with Crippen molar-refractivity contribution >= 4 is 5.97 Å². The van der Waals surface area contributed by atoms with Gasteiger partial charge in [0.1, 0.15) is 11.4 Å². The van der Waals surface area contributed by atoms with E-state index in [1.165, 1.54) is 0 Å². The number of ether oxygens (including phenoxy) is 2. The van der Waals surface area contributed by atoms with E-state index in [2.05, 4.69) is 0 Å². The third-order valence-corrected chi connectivity index (χ3v) is 1.42. The smallest absolute Gasteiger partial charge is 0.308 e. The van der Waals surface area contributed by atoms with Crippen LogP contribution in [0.4, 0.5) is 4.39 Å². The van der Waals surface area contributed by atoms with E-state index in [1.54, 1.807) is 20.8 Å². The van der Waals surface area contributed by atoms with Crippen LogP contribution in [0.1, 0.15) is 27.2 Å². The Bertz CT molecular complexity index is 243. The molecule has 0 atom stereocenters. The summed E-state index contributed by atoms with van der Waals surface area (Å²) in [6, 6.07) is 0. The minimum Gasteiger partial charge on any atom is -0.460 e. The van der Waals surface area contributed by atoms with Gasteiger partial charge in [0, 0.05) is 0 Å². The standard InChI is InChI=1S/C11H19FO4/c1-11(2,3)16-10(14)5-7-15-8-9(12)4-6-13/h4,13H,5-8H2,1-3H3/b9-4+. The number of aliphatic hydroxyl groups excluding tert-OH is 1. The highest BCUT2D eigenvalue weighted by molar-refractivity contribution is 5.69. The van der Waals surface area contributed by atoms with Gasteiger partial charge in [-0.3, -0.25) is 4.79 Å². The van der Waals surface area contributed by atoms with Gasteiger partial charge in [-0.05, 0) is 26.8 Å². The second-order valence-corrected chi connectivity index (χ2v) is 4.22. The Labute approximate surface area is 95.0 Å². The largest absolute Gasteiger partial charge is 0.460 e. The van der Waals surface area contributed by atoms with Crippen LogP contribution >= 0.6 is 0 Å². The zero-order valence-electron chi connectivity index (χ0n) is 9.96. The van der Waals surface area contributed by atoms with Gasteiger partial charge in [-0.1, -0.05) is 0 Å². The molecule has 0 aromatic rings. The van der Waals surface area contributed by atoms with E-state index in [1.807, 2.05) is 0 Å². The number of aliphatic hydroxyl groups is 1. The van der Waals surface area contributed by atoms with Gasteiger partial charge in [-0.25, -0.2) is 4.39 Å². The number of rotatable bonds is 6. The van der Waals surface area contributed by atoms with Gasteiger partial charge in [0.05, 0.1) is 26.2 Å². The van der Waals surface area contributed by atoms with Crippen molar-refractivity contribution in [3.05, 3.63) is 11.9 Å². The van der Waals surface area contributed by atoms with Crippen molar-refractivity contribution in [1.82, 2.24) is 0 Å². The fourth-order valence-electron chi connectivity index (χ4n) is 0.876. The van der Waals surface area contributed by atoms with Gasteiger partial charge in [0.25, 0.3) is 0 Å². The Morgan fingerprint density at radius 1 is 1.44 bits per heavy atom. The van der Waals surface area contributed by atoms with Crippen molar-refractivity contribution in [1.29, 1.82) is 0 Å². The second kappa shape index (κ2) is 7.35. The van der Waals surface area contributed by atoms with Crippen molar-refractivity contribution in [2.75, 3.05) is 19.8 Å². The Balaban J connectivity index is 3.60. The lowest BCUT2D eigenvalue weighted by Crippen LogP contribution is -2.24. The molecule has 0 amide bonds. The van der Waals surface area contributed by atoms with Crippen molar-refractivity contribution < 1.29 is 23.8 Å². The van der Waals surface area contributed by atoms with Gasteiger partial charge < -0.3 is 14.6 Å². The fraction of sp³-hybridized carbons (Fsp3) is 0.727. The van der Waals surface area contributed by atoms with Crippen molar-refractivity contribution in [2.45, 2.75) is 32.8 Å². The zero-order chi connectivity index (χ0) is 12.6. The lowest BCUT2D eigenvalue weighted by Gasteiger charge is -2.19. The first-order chi connectivity index (χ1) is 7.35. The average molecular weight is 234 g/mol. The molecule has 0 saturated carbocycles. The molecule has 5 heteroatoms. The molecular weight excluding hydrogens is 215 g/mol. The zero-order valence-corrected chi connectivity index (χ0v) is 9.96. The maximum absolute atomic E-state index is 12.7. The molecule has 1 N–H and O–H groups in total. The van der Waals surface area contributed by atoms with E-state index in [0.29, 0.717) is 0 Å². The van der Waals surface area contributed by atoms with E-state index < -0.39 is 11.4 Å². The fourth-order valence-corrected chi connectivity index (χ4v) is 0.876. The molecule has 0 heterocycles. The SMILES string of the molecule is CC(C)(C)OC(=O)CCOC/C(F)=C\CO. The van der Waals surface area contributed by atoms with Crippen LogP contribution in [0.15, 0.2) is 11.9 Å².